The Labute approximate surface area is 116 Å². The molecule has 5 nitrogen and oxygen atoms in total. The van der Waals surface area contributed by atoms with E-state index in [4.69, 9.17) is 9.47 Å². The fourth-order valence-corrected chi connectivity index (χ4v) is 4.85. The van der Waals surface area contributed by atoms with Gasteiger partial charge in [0.1, 0.15) is 17.5 Å². The number of aliphatic hydroxyl groups is 1. The summed E-state index contributed by atoms with van der Waals surface area (Å²) in [5, 5.41) is 11.3. The van der Waals surface area contributed by atoms with Gasteiger partial charge in [-0.25, -0.2) is 4.79 Å². The van der Waals surface area contributed by atoms with Crippen molar-refractivity contribution in [3.63, 3.8) is 0 Å². The number of hydrogen-bond donors (Lipinski definition) is 1. The van der Waals surface area contributed by atoms with E-state index in [2.05, 4.69) is 6.58 Å². The predicted octanol–water partition coefficient (Wildman–Crippen LogP) is 0.603. The van der Waals surface area contributed by atoms with Gasteiger partial charge < -0.3 is 14.6 Å². The lowest BCUT2D eigenvalue weighted by atomic mass is 9.65. The Morgan fingerprint density at radius 3 is 2.85 bits per heavy atom. The van der Waals surface area contributed by atoms with E-state index in [1.54, 1.807) is 6.92 Å². The number of esters is 1. The molecule has 4 fully saturated rings. The number of hydrogen-bond acceptors (Lipinski definition) is 5. The van der Waals surface area contributed by atoms with Crippen molar-refractivity contribution >= 4 is 11.8 Å². The molecule has 5 heteroatoms. The van der Waals surface area contributed by atoms with Gasteiger partial charge in [-0.1, -0.05) is 6.58 Å². The Bertz CT molecular complexity index is 540. The van der Waals surface area contributed by atoms with E-state index in [0.717, 1.165) is 6.42 Å². The van der Waals surface area contributed by atoms with Crippen LogP contribution in [0.3, 0.4) is 0 Å². The molecule has 2 saturated heterocycles. The third-order valence-corrected chi connectivity index (χ3v) is 6.10. The minimum Gasteiger partial charge on any atom is -0.457 e. The number of carbonyl (C=O) groups is 2. The highest BCUT2D eigenvalue weighted by molar-refractivity contribution is 5.95. The molecular weight excluding hydrogens is 260 g/mol. The molecule has 20 heavy (non-hydrogen) atoms. The summed E-state index contributed by atoms with van der Waals surface area (Å²) in [5.74, 6) is -0.724. The van der Waals surface area contributed by atoms with Crippen LogP contribution in [0.1, 0.15) is 26.2 Å². The highest BCUT2D eigenvalue weighted by atomic mass is 16.6. The molecule has 2 heterocycles. The van der Waals surface area contributed by atoms with Crippen LogP contribution in [0.25, 0.3) is 0 Å². The van der Waals surface area contributed by atoms with Gasteiger partial charge in [0.2, 0.25) is 0 Å². The number of ketones is 1. The second-order valence-corrected chi connectivity index (χ2v) is 6.71. The van der Waals surface area contributed by atoms with Crippen molar-refractivity contribution in [2.45, 2.75) is 44.0 Å². The standard InChI is InChI=1S/C15H18O5/c1-7-9-4-3-8-6-19-11-5-10(16)14(2,15(8,11)18)12(9)20-13(7)17/h8-9,11-12,18H,1,3-6H2,2H3/t8-,9+,11-,12-,14+,15+/m1/s1. The molecule has 1 N–H and O–H groups in total. The Hall–Kier alpha value is -1.20. The van der Waals surface area contributed by atoms with Crippen LogP contribution in [0.5, 0.6) is 0 Å². The number of rotatable bonds is 0. The Balaban J connectivity index is 1.90. The molecule has 0 aromatic heterocycles. The maximum absolute atomic E-state index is 12.6. The zero-order valence-electron chi connectivity index (χ0n) is 11.4. The molecule has 0 unspecified atom stereocenters. The topological polar surface area (TPSA) is 72.8 Å². The maximum Gasteiger partial charge on any atom is 0.334 e. The summed E-state index contributed by atoms with van der Waals surface area (Å²) in [6.45, 7) is 6.04. The Morgan fingerprint density at radius 1 is 1.35 bits per heavy atom. The lowest BCUT2D eigenvalue weighted by molar-refractivity contribution is -0.172. The molecule has 108 valence electrons. The molecule has 0 radical (unpaired) electrons. The summed E-state index contributed by atoms with van der Waals surface area (Å²) >= 11 is 0. The van der Waals surface area contributed by atoms with Crippen molar-refractivity contribution in [3.05, 3.63) is 12.2 Å². The van der Waals surface area contributed by atoms with Gasteiger partial charge in [0, 0.05) is 23.8 Å². The van der Waals surface area contributed by atoms with Gasteiger partial charge in [-0.05, 0) is 19.8 Å². The molecular formula is C15H18O5. The second-order valence-electron chi connectivity index (χ2n) is 6.71. The van der Waals surface area contributed by atoms with Gasteiger partial charge >= 0.3 is 5.97 Å². The molecule has 2 aliphatic heterocycles. The monoisotopic (exact) mass is 278 g/mol. The van der Waals surface area contributed by atoms with Crippen LogP contribution in [0.2, 0.25) is 0 Å². The highest BCUT2D eigenvalue weighted by Crippen LogP contribution is 2.61. The lowest BCUT2D eigenvalue weighted by Crippen LogP contribution is -2.58. The van der Waals surface area contributed by atoms with Gasteiger partial charge in [-0.2, -0.15) is 0 Å². The van der Waals surface area contributed by atoms with Crippen molar-refractivity contribution < 1.29 is 24.2 Å². The number of ether oxygens (including phenoxy) is 2. The molecule has 0 amide bonds. The first-order chi connectivity index (χ1) is 9.40. The molecule has 0 aromatic carbocycles. The third-order valence-electron chi connectivity index (χ3n) is 6.10. The van der Waals surface area contributed by atoms with Crippen LogP contribution < -0.4 is 0 Å². The van der Waals surface area contributed by atoms with Crippen LogP contribution in [0.4, 0.5) is 0 Å². The van der Waals surface area contributed by atoms with Crippen molar-refractivity contribution in [2.24, 2.45) is 17.3 Å². The molecule has 4 rings (SSSR count). The fraction of sp³-hybridized carbons (Fsp3) is 0.733. The summed E-state index contributed by atoms with van der Waals surface area (Å²) in [7, 11) is 0. The van der Waals surface area contributed by atoms with Gasteiger partial charge in [-0.3, -0.25) is 4.79 Å². The van der Waals surface area contributed by atoms with Crippen molar-refractivity contribution in [2.75, 3.05) is 6.61 Å². The van der Waals surface area contributed by atoms with Crippen LogP contribution in [0, 0.1) is 17.3 Å². The molecule has 4 aliphatic rings. The molecule has 0 aromatic rings. The summed E-state index contributed by atoms with van der Waals surface area (Å²) in [4.78, 5) is 24.4. The SMILES string of the molecule is C=C1C(=O)O[C@@H]2[C@H]1CC[C@@H]1CO[C@@H]3CC(=O)[C@]2(C)[C@]13O. The average Bonchev–Trinajstić information content (AvgIpc) is 2.91. The first kappa shape index (κ1) is 12.5. The Kier molecular flexibility index (Phi) is 2.20. The summed E-state index contributed by atoms with van der Waals surface area (Å²) in [6, 6.07) is 0. The molecule has 2 aliphatic carbocycles. The minimum absolute atomic E-state index is 0.0610. The molecule has 2 saturated carbocycles. The van der Waals surface area contributed by atoms with E-state index in [-0.39, 0.29) is 24.0 Å². The van der Waals surface area contributed by atoms with Gasteiger partial charge in [0.05, 0.1) is 18.1 Å². The maximum atomic E-state index is 12.6. The van der Waals surface area contributed by atoms with Gasteiger partial charge in [0.15, 0.2) is 0 Å². The van der Waals surface area contributed by atoms with E-state index in [1.807, 2.05) is 0 Å². The first-order valence-electron chi connectivity index (χ1n) is 7.17. The van der Waals surface area contributed by atoms with Crippen LogP contribution in [-0.2, 0) is 19.1 Å². The van der Waals surface area contributed by atoms with E-state index in [0.29, 0.717) is 18.6 Å². The summed E-state index contributed by atoms with van der Waals surface area (Å²) in [5.41, 5.74) is -1.85. The lowest BCUT2D eigenvalue weighted by Gasteiger charge is -2.42. The van der Waals surface area contributed by atoms with Crippen LogP contribution in [0.15, 0.2) is 12.2 Å². The highest BCUT2D eigenvalue weighted by Gasteiger charge is 2.75. The van der Waals surface area contributed by atoms with Crippen LogP contribution in [-0.4, -0.2) is 41.3 Å². The zero-order valence-corrected chi connectivity index (χ0v) is 11.4. The minimum atomic E-state index is -1.21. The number of Topliss-reactive ketones (excluding diaryl/α,β-unsaturated/α-hetero) is 1. The normalized spacial score (nSPS) is 53.6. The first-order valence-corrected chi connectivity index (χ1v) is 7.17. The molecule has 6 atom stereocenters. The zero-order chi connectivity index (χ0) is 14.3. The van der Waals surface area contributed by atoms with E-state index < -0.39 is 29.2 Å². The number of fused-ring (bicyclic) bond motifs is 2. The number of carbonyl (C=O) groups excluding carboxylic acids is 2. The Morgan fingerprint density at radius 2 is 2.10 bits per heavy atom. The molecule has 0 bridgehead atoms. The summed E-state index contributed by atoms with van der Waals surface area (Å²) < 4.78 is 11.1. The average molecular weight is 278 g/mol. The summed E-state index contributed by atoms with van der Waals surface area (Å²) in [6.07, 6.45) is 0.581. The van der Waals surface area contributed by atoms with Gasteiger partial charge in [0.25, 0.3) is 0 Å². The van der Waals surface area contributed by atoms with E-state index in [9.17, 15) is 14.7 Å². The molecule has 0 spiro atoms. The largest absolute Gasteiger partial charge is 0.457 e. The van der Waals surface area contributed by atoms with Crippen molar-refractivity contribution in [3.8, 4) is 0 Å². The smallest absolute Gasteiger partial charge is 0.334 e. The second kappa shape index (κ2) is 3.52. The van der Waals surface area contributed by atoms with Crippen molar-refractivity contribution in [1.29, 1.82) is 0 Å². The van der Waals surface area contributed by atoms with Crippen molar-refractivity contribution in [1.82, 2.24) is 0 Å². The predicted molar refractivity (Wildman–Crippen MR) is 67.7 cm³/mol. The quantitative estimate of drug-likeness (QED) is 0.519. The van der Waals surface area contributed by atoms with Crippen LogP contribution >= 0.6 is 0 Å². The van der Waals surface area contributed by atoms with E-state index >= 15 is 0 Å². The fourth-order valence-electron chi connectivity index (χ4n) is 4.85. The third kappa shape index (κ3) is 1.10. The van der Waals surface area contributed by atoms with Gasteiger partial charge in [-0.15, -0.1) is 0 Å². The van der Waals surface area contributed by atoms with E-state index in [1.165, 1.54) is 0 Å².